The average molecular weight is 391 g/mol. The summed E-state index contributed by atoms with van der Waals surface area (Å²) in [5.74, 6) is -0.121. The topological polar surface area (TPSA) is 79.6 Å². The van der Waals surface area contributed by atoms with Crippen LogP contribution in [0.1, 0.15) is 60.5 Å². The summed E-state index contributed by atoms with van der Waals surface area (Å²) in [6.45, 7) is 4.67. The second kappa shape index (κ2) is 8.27. The van der Waals surface area contributed by atoms with Crippen LogP contribution < -0.4 is 5.32 Å². The van der Waals surface area contributed by atoms with Gasteiger partial charge in [0.25, 0.3) is 5.91 Å². The van der Waals surface area contributed by atoms with Crippen LogP contribution in [0.15, 0.2) is 45.7 Å². The Balaban J connectivity index is 1.81. The van der Waals surface area contributed by atoms with Crippen molar-refractivity contribution in [1.82, 2.24) is 9.62 Å². The van der Waals surface area contributed by atoms with E-state index in [4.69, 9.17) is 4.42 Å². The molecule has 1 atom stereocenters. The summed E-state index contributed by atoms with van der Waals surface area (Å²) in [6, 6.07) is 10.9. The second-order valence-electron chi connectivity index (χ2n) is 6.87. The fraction of sp³-hybridized carbons (Fsp3) is 0.450. The van der Waals surface area contributed by atoms with Gasteiger partial charge < -0.3 is 9.73 Å². The number of benzene rings is 1. The minimum Gasteiger partial charge on any atom is -0.455 e. The van der Waals surface area contributed by atoms with Crippen molar-refractivity contribution in [2.45, 2.75) is 50.5 Å². The molecule has 1 aliphatic rings. The molecule has 0 saturated carbocycles. The molecule has 27 heavy (non-hydrogen) atoms. The Kier molecular flexibility index (Phi) is 6.01. The van der Waals surface area contributed by atoms with Gasteiger partial charge in [0.15, 0.2) is 5.76 Å². The number of rotatable bonds is 7. The number of carbonyl (C=O) groups excluding carboxylic acids is 1. The van der Waals surface area contributed by atoms with Gasteiger partial charge in [-0.2, -0.15) is 4.31 Å². The third-order valence-electron chi connectivity index (χ3n) is 4.86. The Morgan fingerprint density at radius 2 is 1.89 bits per heavy atom. The second-order valence-corrected chi connectivity index (χ2v) is 8.77. The number of nitrogens with zero attached hydrogens (tertiary/aromatic N) is 1. The molecule has 1 amide bonds. The van der Waals surface area contributed by atoms with Gasteiger partial charge in [0, 0.05) is 19.2 Å². The summed E-state index contributed by atoms with van der Waals surface area (Å²) >= 11 is 0. The molecular weight excluding hydrogens is 364 g/mol. The number of carbonyl (C=O) groups is 1. The SMILES string of the molecule is CCC[C@H](NC(=O)c1cc(S(=O)(=O)N2CCCC2)c(C)o1)c1ccccc1. The number of hydrogen-bond acceptors (Lipinski definition) is 4. The molecule has 2 heterocycles. The zero-order valence-corrected chi connectivity index (χ0v) is 16.6. The monoisotopic (exact) mass is 390 g/mol. The molecule has 3 rings (SSSR count). The zero-order chi connectivity index (χ0) is 19.4. The molecule has 0 bridgehead atoms. The largest absolute Gasteiger partial charge is 0.455 e. The van der Waals surface area contributed by atoms with E-state index >= 15 is 0 Å². The molecule has 1 aromatic heterocycles. The smallest absolute Gasteiger partial charge is 0.287 e. The third-order valence-corrected chi connectivity index (χ3v) is 6.87. The maximum Gasteiger partial charge on any atom is 0.287 e. The summed E-state index contributed by atoms with van der Waals surface area (Å²) < 4.78 is 32.5. The van der Waals surface area contributed by atoms with Gasteiger partial charge in [-0.3, -0.25) is 4.79 Å². The van der Waals surface area contributed by atoms with Crippen molar-refractivity contribution in [3.8, 4) is 0 Å². The Bertz CT molecular complexity index is 884. The molecule has 7 heteroatoms. The molecule has 146 valence electrons. The predicted molar refractivity (Wildman–Crippen MR) is 103 cm³/mol. The summed E-state index contributed by atoms with van der Waals surface area (Å²) in [5.41, 5.74) is 1.01. The van der Waals surface area contributed by atoms with Crippen LogP contribution in [0.2, 0.25) is 0 Å². The van der Waals surface area contributed by atoms with Crippen LogP contribution in [-0.4, -0.2) is 31.7 Å². The van der Waals surface area contributed by atoms with E-state index in [9.17, 15) is 13.2 Å². The van der Waals surface area contributed by atoms with Crippen LogP contribution in [0.5, 0.6) is 0 Å². The molecule has 0 aliphatic carbocycles. The number of hydrogen-bond donors (Lipinski definition) is 1. The number of nitrogens with one attached hydrogen (secondary N) is 1. The van der Waals surface area contributed by atoms with E-state index in [2.05, 4.69) is 12.2 Å². The van der Waals surface area contributed by atoms with Crippen LogP contribution in [0, 0.1) is 6.92 Å². The van der Waals surface area contributed by atoms with Crippen LogP contribution in [0.4, 0.5) is 0 Å². The first-order chi connectivity index (χ1) is 12.9. The molecule has 1 fully saturated rings. The number of aryl methyl sites for hydroxylation is 1. The van der Waals surface area contributed by atoms with Gasteiger partial charge in [-0.1, -0.05) is 43.7 Å². The molecule has 2 aromatic rings. The third kappa shape index (κ3) is 4.25. The molecule has 1 N–H and O–H groups in total. The van der Waals surface area contributed by atoms with Crippen molar-refractivity contribution in [3.63, 3.8) is 0 Å². The standard InChI is InChI=1S/C20H26N2O4S/c1-3-9-17(16-10-5-4-6-11-16)21-20(23)18-14-19(15(2)26-18)27(24,25)22-12-7-8-13-22/h4-6,10-11,14,17H,3,7-9,12-13H2,1-2H3,(H,21,23)/t17-/m0/s1. The Hall–Kier alpha value is -2.12. The van der Waals surface area contributed by atoms with Crippen LogP contribution in [0.3, 0.4) is 0 Å². The highest BCUT2D eigenvalue weighted by molar-refractivity contribution is 7.89. The van der Waals surface area contributed by atoms with Crippen LogP contribution >= 0.6 is 0 Å². The maximum atomic E-state index is 12.8. The summed E-state index contributed by atoms with van der Waals surface area (Å²) in [4.78, 5) is 12.8. The van der Waals surface area contributed by atoms with E-state index in [1.165, 1.54) is 10.4 Å². The summed E-state index contributed by atoms with van der Waals surface area (Å²) in [5, 5.41) is 2.97. The van der Waals surface area contributed by atoms with Crippen molar-refractivity contribution >= 4 is 15.9 Å². The zero-order valence-electron chi connectivity index (χ0n) is 15.8. The highest BCUT2D eigenvalue weighted by Gasteiger charge is 2.32. The lowest BCUT2D eigenvalue weighted by atomic mass is 10.0. The Labute approximate surface area is 160 Å². The fourth-order valence-electron chi connectivity index (χ4n) is 3.43. The highest BCUT2D eigenvalue weighted by Crippen LogP contribution is 2.27. The van der Waals surface area contributed by atoms with Crippen molar-refractivity contribution in [2.24, 2.45) is 0 Å². The van der Waals surface area contributed by atoms with Crippen molar-refractivity contribution in [2.75, 3.05) is 13.1 Å². The molecule has 6 nitrogen and oxygen atoms in total. The Morgan fingerprint density at radius 3 is 2.52 bits per heavy atom. The lowest BCUT2D eigenvalue weighted by Crippen LogP contribution is -2.29. The van der Waals surface area contributed by atoms with E-state index in [1.54, 1.807) is 6.92 Å². The summed E-state index contributed by atoms with van der Waals surface area (Å²) in [7, 11) is -3.61. The van der Waals surface area contributed by atoms with Gasteiger partial charge in [0.1, 0.15) is 10.7 Å². The van der Waals surface area contributed by atoms with Gasteiger partial charge in [-0.15, -0.1) is 0 Å². The van der Waals surface area contributed by atoms with Crippen molar-refractivity contribution in [3.05, 3.63) is 53.5 Å². The van der Waals surface area contributed by atoms with Crippen LogP contribution in [0.25, 0.3) is 0 Å². The molecule has 1 aliphatic heterocycles. The quantitative estimate of drug-likeness (QED) is 0.783. The van der Waals surface area contributed by atoms with Crippen molar-refractivity contribution in [1.29, 1.82) is 0 Å². The summed E-state index contributed by atoms with van der Waals surface area (Å²) in [6.07, 6.45) is 3.42. The highest BCUT2D eigenvalue weighted by atomic mass is 32.2. The molecule has 1 saturated heterocycles. The first-order valence-electron chi connectivity index (χ1n) is 9.40. The van der Waals surface area contributed by atoms with Crippen molar-refractivity contribution < 1.29 is 17.6 Å². The maximum absolute atomic E-state index is 12.8. The van der Waals surface area contributed by atoms with Crippen LogP contribution in [-0.2, 0) is 10.0 Å². The molecule has 0 spiro atoms. The van der Waals surface area contributed by atoms with E-state index in [-0.39, 0.29) is 22.5 Å². The van der Waals surface area contributed by atoms with Gasteiger partial charge in [0.05, 0.1) is 6.04 Å². The van der Waals surface area contributed by atoms with Gasteiger partial charge in [0.2, 0.25) is 10.0 Å². The van der Waals surface area contributed by atoms with E-state index in [0.29, 0.717) is 13.1 Å². The number of furan rings is 1. The first kappa shape index (κ1) is 19.6. The fourth-order valence-corrected chi connectivity index (χ4v) is 5.10. The molecule has 1 aromatic carbocycles. The lowest BCUT2D eigenvalue weighted by Gasteiger charge is -2.17. The van der Waals surface area contributed by atoms with Gasteiger partial charge >= 0.3 is 0 Å². The van der Waals surface area contributed by atoms with E-state index < -0.39 is 15.9 Å². The normalized spacial score (nSPS) is 16.4. The Morgan fingerprint density at radius 1 is 1.22 bits per heavy atom. The molecular formula is C20H26N2O4S. The minimum absolute atomic E-state index is 0.0299. The van der Waals surface area contributed by atoms with E-state index in [1.807, 2.05) is 30.3 Å². The molecule has 0 radical (unpaired) electrons. The first-order valence-corrected chi connectivity index (χ1v) is 10.8. The lowest BCUT2D eigenvalue weighted by molar-refractivity contribution is 0.0905. The van der Waals surface area contributed by atoms with E-state index in [0.717, 1.165) is 31.2 Å². The predicted octanol–water partition coefficient (Wildman–Crippen LogP) is 3.64. The number of sulfonamides is 1. The average Bonchev–Trinajstić information content (AvgIpc) is 3.32. The number of amides is 1. The van der Waals surface area contributed by atoms with Gasteiger partial charge in [-0.25, -0.2) is 8.42 Å². The minimum atomic E-state index is -3.61. The molecule has 0 unspecified atom stereocenters. The van der Waals surface area contributed by atoms with Gasteiger partial charge in [-0.05, 0) is 31.7 Å².